The molecule has 1 aromatic carbocycles. The molecule has 1 amide bonds. The SMILES string of the molecule is Cl.Cl.NCCCCCCC(=O)Nc1ccccc1N1CCCCCC1. The van der Waals surface area contributed by atoms with Gasteiger partial charge in [-0.25, -0.2) is 0 Å². The quantitative estimate of drug-likeness (QED) is 0.630. The van der Waals surface area contributed by atoms with Gasteiger partial charge in [-0.1, -0.05) is 37.8 Å². The molecule has 144 valence electrons. The molecule has 25 heavy (non-hydrogen) atoms. The number of benzene rings is 1. The number of carbonyl (C=O) groups is 1. The highest BCUT2D eigenvalue weighted by atomic mass is 35.5. The van der Waals surface area contributed by atoms with Gasteiger partial charge in [-0.15, -0.1) is 24.8 Å². The van der Waals surface area contributed by atoms with E-state index in [2.05, 4.69) is 22.3 Å². The van der Waals surface area contributed by atoms with Crippen LogP contribution in [0, 0.1) is 0 Å². The minimum atomic E-state index is 0. The summed E-state index contributed by atoms with van der Waals surface area (Å²) in [5.74, 6) is 0.125. The van der Waals surface area contributed by atoms with E-state index in [-0.39, 0.29) is 30.7 Å². The summed E-state index contributed by atoms with van der Waals surface area (Å²) in [6.07, 6.45) is 9.90. The number of para-hydroxylation sites is 2. The number of rotatable bonds is 8. The molecule has 1 saturated heterocycles. The fourth-order valence-electron chi connectivity index (χ4n) is 3.16. The van der Waals surface area contributed by atoms with Gasteiger partial charge in [0.2, 0.25) is 5.91 Å². The first-order chi connectivity index (χ1) is 11.3. The number of nitrogens with one attached hydrogen (secondary N) is 1. The van der Waals surface area contributed by atoms with Crippen LogP contribution in [0.1, 0.15) is 57.8 Å². The van der Waals surface area contributed by atoms with E-state index in [0.29, 0.717) is 6.42 Å². The van der Waals surface area contributed by atoms with Crippen LogP contribution in [0.15, 0.2) is 24.3 Å². The lowest BCUT2D eigenvalue weighted by Crippen LogP contribution is -2.25. The molecule has 3 N–H and O–H groups in total. The summed E-state index contributed by atoms with van der Waals surface area (Å²) in [5.41, 5.74) is 7.62. The summed E-state index contributed by atoms with van der Waals surface area (Å²) >= 11 is 0. The second-order valence-electron chi connectivity index (χ2n) is 6.42. The zero-order valence-electron chi connectivity index (χ0n) is 15.0. The molecule has 4 nitrogen and oxygen atoms in total. The van der Waals surface area contributed by atoms with Gasteiger partial charge in [-0.2, -0.15) is 0 Å². The van der Waals surface area contributed by atoms with Crippen LogP contribution in [-0.4, -0.2) is 25.5 Å². The van der Waals surface area contributed by atoms with Crippen LogP contribution in [0.5, 0.6) is 0 Å². The molecule has 0 aromatic heterocycles. The molecule has 1 aliphatic heterocycles. The normalized spacial score (nSPS) is 14.0. The summed E-state index contributed by atoms with van der Waals surface area (Å²) < 4.78 is 0. The van der Waals surface area contributed by atoms with Crippen LogP contribution >= 0.6 is 24.8 Å². The average molecular weight is 390 g/mol. The van der Waals surface area contributed by atoms with Crippen molar-refractivity contribution in [3.63, 3.8) is 0 Å². The maximum Gasteiger partial charge on any atom is 0.224 e. The predicted molar refractivity (Wildman–Crippen MR) is 112 cm³/mol. The van der Waals surface area contributed by atoms with E-state index in [0.717, 1.165) is 51.0 Å². The Morgan fingerprint density at radius 3 is 2.28 bits per heavy atom. The fourth-order valence-corrected chi connectivity index (χ4v) is 3.16. The van der Waals surface area contributed by atoms with E-state index in [9.17, 15) is 4.79 Å². The number of amides is 1. The van der Waals surface area contributed by atoms with E-state index in [1.54, 1.807) is 0 Å². The van der Waals surface area contributed by atoms with E-state index in [1.165, 1.54) is 31.4 Å². The first kappa shape index (κ1) is 24.0. The molecule has 0 saturated carbocycles. The van der Waals surface area contributed by atoms with Crippen LogP contribution in [-0.2, 0) is 4.79 Å². The van der Waals surface area contributed by atoms with Gasteiger partial charge >= 0.3 is 0 Å². The molecule has 0 radical (unpaired) electrons. The Kier molecular flexibility index (Phi) is 13.7. The van der Waals surface area contributed by atoms with Crippen molar-refractivity contribution in [3.05, 3.63) is 24.3 Å². The Balaban J connectivity index is 0.00000288. The number of hydrogen-bond donors (Lipinski definition) is 2. The second kappa shape index (κ2) is 14.2. The van der Waals surface area contributed by atoms with Gasteiger partial charge in [0, 0.05) is 19.5 Å². The first-order valence-corrected chi connectivity index (χ1v) is 9.15. The highest BCUT2D eigenvalue weighted by molar-refractivity contribution is 5.94. The zero-order valence-corrected chi connectivity index (χ0v) is 16.7. The second-order valence-corrected chi connectivity index (χ2v) is 6.42. The van der Waals surface area contributed by atoms with Gasteiger partial charge < -0.3 is 16.0 Å². The third-order valence-corrected chi connectivity index (χ3v) is 4.48. The maximum absolute atomic E-state index is 12.2. The van der Waals surface area contributed by atoms with Gasteiger partial charge in [0.05, 0.1) is 11.4 Å². The molecule has 1 heterocycles. The molecule has 0 spiro atoms. The van der Waals surface area contributed by atoms with E-state index in [1.807, 2.05) is 12.1 Å². The average Bonchev–Trinajstić information content (AvgIpc) is 2.84. The molecular formula is C19H33Cl2N3O. The van der Waals surface area contributed by atoms with Crippen molar-refractivity contribution in [2.45, 2.75) is 57.8 Å². The van der Waals surface area contributed by atoms with Crippen LogP contribution < -0.4 is 16.0 Å². The smallest absolute Gasteiger partial charge is 0.224 e. The van der Waals surface area contributed by atoms with Crippen LogP contribution in [0.4, 0.5) is 11.4 Å². The van der Waals surface area contributed by atoms with Crippen molar-refractivity contribution < 1.29 is 4.79 Å². The minimum absolute atomic E-state index is 0. The number of unbranched alkanes of at least 4 members (excludes halogenated alkanes) is 3. The molecule has 1 fully saturated rings. The molecule has 6 heteroatoms. The highest BCUT2D eigenvalue weighted by Gasteiger charge is 2.14. The Labute approximate surface area is 164 Å². The number of nitrogens with two attached hydrogens (primary N) is 1. The van der Waals surface area contributed by atoms with E-state index >= 15 is 0 Å². The topological polar surface area (TPSA) is 58.4 Å². The Morgan fingerprint density at radius 2 is 1.60 bits per heavy atom. The van der Waals surface area contributed by atoms with Crippen molar-refractivity contribution in [3.8, 4) is 0 Å². The van der Waals surface area contributed by atoms with Crippen LogP contribution in [0.3, 0.4) is 0 Å². The fraction of sp³-hybridized carbons (Fsp3) is 0.632. The van der Waals surface area contributed by atoms with Crippen molar-refractivity contribution in [1.82, 2.24) is 0 Å². The largest absolute Gasteiger partial charge is 0.370 e. The molecule has 0 atom stereocenters. The molecule has 0 aliphatic carbocycles. The third-order valence-electron chi connectivity index (χ3n) is 4.48. The Hall–Kier alpha value is -0.970. The molecular weight excluding hydrogens is 357 g/mol. The summed E-state index contributed by atoms with van der Waals surface area (Å²) in [5, 5.41) is 3.11. The van der Waals surface area contributed by atoms with Crippen molar-refractivity contribution in [2.24, 2.45) is 5.73 Å². The van der Waals surface area contributed by atoms with Gasteiger partial charge in [0.25, 0.3) is 0 Å². The van der Waals surface area contributed by atoms with Gasteiger partial charge in [-0.3, -0.25) is 4.79 Å². The zero-order chi connectivity index (χ0) is 16.3. The first-order valence-electron chi connectivity index (χ1n) is 9.15. The lowest BCUT2D eigenvalue weighted by molar-refractivity contribution is -0.116. The number of nitrogens with zero attached hydrogens (tertiary/aromatic N) is 1. The van der Waals surface area contributed by atoms with Crippen LogP contribution in [0.2, 0.25) is 0 Å². The molecule has 0 bridgehead atoms. The lowest BCUT2D eigenvalue weighted by atomic mass is 10.1. The van der Waals surface area contributed by atoms with Crippen molar-refractivity contribution >= 4 is 42.1 Å². The highest BCUT2D eigenvalue weighted by Crippen LogP contribution is 2.28. The number of halogens is 2. The Morgan fingerprint density at radius 1 is 0.960 bits per heavy atom. The standard InChI is InChI=1S/C19H31N3O.2ClH/c20-14-8-2-1-5-13-19(23)21-17-11-6-7-12-18(17)22-15-9-3-4-10-16-22;;/h6-7,11-12H,1-5,8-10,13-16,20H2,(H,21,23);2*1H. The van der Waals surface area contributed by atoms with Crippen molar-refractivity contribution in [1.29, 1.82) is 0 Å². The van der Waals surface area contributed by atoms with Gasteiger partial charge in [-0.05, 0) is 44.4 Å². The lowest BCUT2D eigenvalue weighted by Gasteiger charge is -2.25. The van der Waals surface area contributed by atoms with Crippen LogP contribution in [0.25, 0.3) is 0 Å². The summed E-state index contributed by atoms with van der Waals surface area (Å²) in [4.78, 5) is 14.6. The molecule has 1 aromatic rings. The van der Waals surface area contributed by atoms with E-state index in [4.69, 9.17) is 5.73 Å². The van der Waals surface area contributed by atoms with Gasteiger partial charge in [0.1, 0.15) is 0 Å². The summed E-state index contributed by atoms with van der Waals surface area (Å²) in [7, 11) is 0. The molecule has 2 rings (SSSR count). The number of anilines is 2. The van der Waals surface area contributed by atoms with Gasteiger partial charge in [0.15, 0.2) is 0 Å². The van der Waals surface area contributed by atoms with Crippen molar-refractivity contribution in [2.75, 3.05) is 29.9 Å². The minimum Gasteiger partial charge on any atom is -0.370 e. The van der Waals surface area contributed by atoms with E-state index < -0.39 is 0 Å². The number of hydrogen-bond acceptors (Lipinski definition) is 3. The monoisotopic (exact) mass is 389 g/mol. The molecule has 1 aliphatic rings. The number of carbonyl (C=O) groups excluding carboxylic acids is 1. The predicted octanol–water partition coefficient (Wildman–Crippen LogP) is 4.76. The maximum atomic E-state index is 12.2. The Bertz CT molecular complexity index is 477. The third kappa shape index (κ3) is 8.80. The molecule has 0 unspecified atom stereocenters. The summed E-state index contributed by atoms with van der Waals surface area (Å²) in [6.45, 7) is 2.92. The summed E-state index contributed by atoms with van der Waals surface area (Å²) in [6, 6.07) is 8.20.